The molecule has 2 aromatic carbocycles. The highest BCUT2D eigenvalue weighted by molar-refractivity contribution is 5.70. The van der Waals surface area contributed by atoms with Crippen LogP contribution in [0, 0.1) is 5.41 Å². The zero-order valence-electron chi connectivity index (χ0n) is 14.7. The van der Waals surface area contributed by atoms with E-state index in [4.69, 9.17) is 15.2 Å². The molecular formula is C18H22N2O5. The average Bonchev–Trinajstić information content (AvgIpc) is 2.53. The number of methoxy groups -OCH3 is 1. The van der Waals surface area contributed by atoms with E-state index in [2.05, 4.69) is 5.32 Å². The largest absolute Gasteiger partial charge is 0.491 e. The summed E-state index contributed by atoms with van der Waals surface area (Å²) in [6.45, 7) is 5.90. The molecule has 0 saturated heterocycles. The number of primary amides is 1. The zero-order chi connectivity index (χ0) is 18.8. The van der Waals surface area contributed by atoms with Crippen LogP contribution in [-0.4, -0.2) is 19.3 Å². The topological polar surface area (TPSA) is 108 Å². The van der Waals surface area contributed by atoms with E-state index >= 15 is 0 Å². The van der Waals surface area contributed by atoms with Crippen LogP contribution in [0.3, 0.4) is 0 Å². The molecule has 1 unspecified atom stereocenters. The first-order valence-corrected chi connectivity index (χ1v) is 7.83. The number of anilines is 2. The summed E-state index contributed by atoms with van der Waals surface area (Å²) in [4.78, 5) is 34.0. The van der Waals surface area contributed by atoms with Crippen LogP contribution < -0.4 is 26.6 Å². The van der Waals surface area contributed by atoms with Crippen LogP contribution in [0.15, 0.2) is 33.9 Å². The van der Waals surface area contributed by atoms with Crippen LogP contribution in [0.5, 0.6) is 5.75 Å². The van der Waals surface area contributed by atoms with E-state index in [9.17, 15) is 14.4 Å². The first-order valence-electron chi connectivity index (χ1n) is 7.83. The van der Waals surface area contributed by atoms with Gasteiger partial charge in [-0.25, -0.2) is 4.79 Å². The zero-order valence-corrected chi connectivity index (χ0v) is 14.7. The van der Waals surface area contributed by atoms with Gasteiger partial charge in [-0.05, 0) is 23.1 Å². The summed E-state index contributed by atoms with van der Waals surface area (Å²) >= 11 is 0. The third-order valence-corrected chi connectivity index (χ3v) is 3.94. The first kappa shape index (κ1) is 18.5. The number of carbonyl (C=O) groups is 1. The van der Waals surface area contributed by atoms with Crippen LogP contribution >= 0.6 is 0 Å². The van der Waals surface area contributed by atoms with Crippen LogP contribution in [0.2, 0.25) is 0 Å². The van der Waals surface area contributed by atoms with Crippen LogP contribution in [0.25, 0.3) is 0 Å². The number of hydrogen-bond acceptors (Lipinski definition) is 6. The average molecular weight is 346 g/mol. The molecule has 1 amide bonds. The Hall–Kier alpha value is -2.83. The minimum Gasteiger partial charge on any atom is -0.491 e. The SMILES string of the molecule is COc1c(Nc2ccc(CC(OC(N)=O)C(C)(C)C)cc2)c(=O)c1=O. The Morgan fingerprint density at radius 1 is 1.16 bits per heavy atom. The van der Waals surface area contributed by atoms with Gasteiger partial charge in [-0.2, -0.15) is 0 Å². The van der Waals surface area contributed by atoms with Gasteiger partial charge in [0, 0.05) is 12.1 Å². The maximum atomic E-state index is 11.6. The van der Waals surface area contributed by atoms with E-state index in [1.165, 1.54) is 7.11 Å². The Kier molecular flexibility index (Phi) is 5.15. The highest BCUT2D eigenvalue weighted by atomic mass is 16.6. The Morgan fingerprint density at radius 2 is 1.76 bits per heavy atom. The molecule has 0 aliphatic carbocycles. The Balaban J connectivity index is 2.11. The number of rotatable bonds is 6. The standard InChI is InChI=1S/C18H22N2O5/c1-18(2,3)12(25-17(19)23)9-10-5-7-11(8-6-10)20-13-14(21)15(22)16(13)24-4/h5-8,12,20H,9H2,1-4H3,(H2,19,23). The minimum atomic E-state index is -0.801. The molecule has 7 heteroatoms. The first-order chi connectivity index (χ1) is 11.6. The third-order valence-electron chi connectivity index (χ3n) is 3.94. The van der Waals surface area contributed by atoms with Crippen molar-refractivity contribution in [1.29, 1.82) is 0 Å². The molecule has 134 valence electrons. The number of ether oxygens (including phenoxy) is 2. The van der Waals surface area contributed by atoms with Gasteiger partial charge in [0.25, 0.3) is 10.9 Å². The van der Waals surface area contributed by atoms with Crippen molar-refractivity contribution in [2.75, 3.05) is 12.4 Å². The van der Waals surface area contributed by atoms with Crippen molar-refractivity contribution in [3.8, 4) is 5.75 Å². The van der Waals surface area contributed by atoms with Gasteiger partial charge in [0.05, 0.1) is 7.11 Å². The van der Waals surface area contributed by atoms with E-state index in [0.29, 0.717) is 12.1 Å². The van der Waals surface area contributed by atoms with E-state index in [-0.39, 0.29) is 23.0 Å². The van der Waals surface area contributed by atoms with Crippen LogP contribution in [0.4, 0.5) is 16.2 Å². The second kappa shape index (κ2) is 6.96. The quantitative estimate of drug-likeness (QED) is 0.776. The van der Waals surface area contributed by atoms with Gasteiger partial charge in [0.2, 0.25) is 0 Å². The molecule has 0 aliphatic rings. The van der Waals surface area contributed by atoms with Crippen LogP contribution in [-0.2, 0) is 11.2 Å². The van der Waals surface area contributed by atoms with Gasteiger partial charge in [-0.15, -0.1) is 0 Å². The van der Waals surface area contributed by atoms with E-state index < -0.39 is 17.0 Å². The predicted octanol–water partition coefficient (Wildman–Crippen LogP) is 2.09. The van der Waals surface area contributed by atoms with Gasteiger partial charge in [-0.1, -0.05) is 32.9 Å². The van der Waals surface area contributed by atoms with Gasteiger partial charge in [0.1, 0.15) is 11.8 Å². The monoisotopic (exact) mass is 346 g/mol. The van der Waals surface area contributed by atoms with Gasteiger partial charge < -0.3 is 20.5 Å². The molecule has 0 aromatic heterocycles. The van der Waals surface area contributed by atoms with E-state index in [1.807, 2.05) is 32.9 Å². The second-order valence-electron chi connectivity index (χ2n) is 6.88. The summed E-state index contributed by atoms with van der Waals surface area (Å²) < 4.78 is 10.1. The summed E-state index contributed by atoms with van der Waals surface area (Å²) in [5.41, 5.74) is 5.42. The van der Waals surface area contributed by atoms with Gasteiger partial charge in [0.15, 0.2) is 5.75 Å². The molecule has 7 nitrogen and oxygen atoms in total. The minimum absolute atomic E-state index is 0.0386. The molecular weight excluding hydrogens is 324 g/mol. The third kappa shape index (κ3) is 4.17. The summed E-state index contributed by atoms with van der Waals surface area (Å²) in [6.07, 6.45) is -0.654. The number of amides is 1. The smallest absolute Gasteiger partial charge is 0.404 e. The molecule has 0 radical (unpaired) electrons. The maximum Gasteiger partial charge on any atom is 0.404 e. The molecule has 0 aliphatic heterocycles. The lowest BCUT2D eigenvalue weighted by Crippen LogP contribution is -2.35. The molecule has 0 saturated carbocycles. The number of carbonyl (C=O) groups excluding carboxylic acids is 1. The fourth-order valence-corrected chi connectivity index (χ4v) is 2.43. The molecule has 1 atom stereocenters. The molecule has 2 aromatic rings. The predicted molar refractivity (Wildman–Crippen MR) is 95.2 cm³/mol. The summed E-state index contributed by atoms with van der Waals surface area (Å²) in [7, 11) is 1.34. The lowest BCUT2D eigenvalue weighted by molar-refractivity contribution is 0.0374. The molecule has 0 spiro atoms. The number of hydrogen-bond donors (Lipinski definition) is 2. The molecule has 2 rings (SSSR count). The molecule has 0 bridgehead atoms. The number of nitrogens with one attached hydrogen (secondary N) is 1. The fraction of sp³-hybridized carbons (Fsp3) is 0.389. The highest BCUT2D eigenvalue weighted by Gasteiger charge is 2.28. The Morgan fingerprint density at radius 3 is 2.24 bits per heavy atom. The maximum absolute atomic E-state index is 11.6. The summed E-state index contributed by atoms with van der Waals surface area (Å²) in [5, 5.41) is 2.88. The number of benzene rings is 1. The lowest BCUT2D eigenvalue weighted by Gasteiger charge is -2.29. The van der Waals surface area contributed by atoms with Gasteiger partial charge in [-0.3, -0.25) is 9.59 Å². The van der Waals surface area contributed by atoms with Crippen molar-refractivity contribution in [2.24, 2.45) is 11.1 Å². The van der Waals surface area contributed by atoms with E-state index in [1.54, 1.807) is 12.1 Å². The molecule has 25 heavy (non-hydrogen) atoms. The second-order valence-corrected chi connectivity index (χ2v) is 6.88. The molecule has 3 N–H and O–H groups in total. The van der Waals surface area contributed by atoms with Crippen molar-refractivity contribution >= 4 is 17.5 Å². The molecule has 0 heterocycles. The highest BCUT2D eigenvalue weighted by Crippen LogP contribution is 2.27. The van der Waals surface area contributed by atoms with Crippen molar-refractivity contribution < 1.29 is 14.3 Å². The Bertz CT molecular complexity index is 827. The van der Waals surface area contributed by atoms with Crippen molar-refractivity contribution in [3.05, 3.63) is 50.3 Å². The van der Waals surface area contributed by atoms with Crippen LogP contribution in [0.1, 0.15) is 26.3 Å². The Labute approximate surface area is 145 Å². The number of nitrogens with two attached hydrogens (primary N) is 1. The van der Waals surface area contributed by atoms with Gasteiger partial charge >= 0.3 is 6.09 Å². The van der Waals surface area contributed by atoms with Crippen molar-refractivity contribution in [3.63, 3.8) is 0 Å². The summed E-state index contributed by atoms with van der Waals surface area (Å²) in [6, 6.07) is 7.25. The lowest BCUT2D eigenvalue weighted by atomic mass is 9.85. The summed E-state index contributed by atoms with van der Waals surface area (Å²) in [5.74, 6) is 0.0386. The molecule has 0 fully saturated rings. The van der Waals surface area contributed by atoms with Crippen molar-refractivity contribution in [1.82, 2.24) is 0 Å². The normalized spacial score (nSPS) is 12.6. The van der Waals surface area contributed by atoms with E-state index in [0.717, 1.165) is 5.56 Å². The fourth-order valence-electron chi connectivity index (χ4n) is 2.43. The van der Waals surface area contributed by atoms with Crippen molar-refractivity contribution in [2.45, 2.75) is 33.3 Å².